The summed E-state index contributed by atoms with van der Waals surface area (Å²) in [6.07, 6.45) is 3.75. The van der Waals surface area contributed by atoms with Gasteiger partial charge in [-0.1, -0.05) is 11.3 Å². The molecule has 14 heteroatoms. The maximum absolute atomic E-state index is 14.4. The predicted molar refractivity (Wildman–Crippen MR) is 154 cm³/mol. The molecule has 1 aliphatic heterocycles. The zero-order chi connectivity index (χ0) is 30.2. The molecule has 12 nitrogen and oxygen atoms in total. The Morgan fingerprint density at radius 2 is 1.88 bits per heavy atom. The summed E-state index contributed by atoms with van der Waals surface area (Å²) in [5.41, 5.74) is -1.98. The van der Waals surface area contributed by atoms with Crippen LogP contribution in [0.1, 0.15) is 43.9 Å². The summed E-state index contributed by atoms with van der Waals surface area (Å²) in [4.78, 5) is 45.5. The van der Waals surface area contributed by atoms with Gasteiger partial charge in [0, 0.05) is 24.2 Å². The van der Waals surface area contributed by atoms with Gasteiger partial charge in [0.15, 0.2) is 0 Å². The summed E-state index contributed by atoms with van der Waals surface area (Å²) in [6.45, 7) is 5.39. The number of aliphatic hydroxyl groups excluding tert-OH is 1. The number of nitrogens with zero attached hydrogens (tertiary/aromatic N) is 6. The van der Waals surface area contributed by atoms with Gasteiger partial charge in [-0.05, 0) is 51.8 Å². The monoisotopic (exact) mass is 600 g/mol. The molecule has 0 saturated carbocycles. The number of amides is 1. The molecule has 224 valence electrons. The molecular formula is C28H33FN6O6S. The lowest BCUT2D eigenvalue weighted by molar-refractivity contribution is -0.138. The van der Waals surface area contributed by atoms with Gasteiger partial charge in [-0.25, -0.2) is 13.8 Å². The lowest BCUT2D eigenvalue weighted by Crippen LogP contribution is -2.56. The van der Waals surface area contributed by atoms with E-state index in [0.717, 1.165) is 28.7 Å². The normalized spacial score (nSPS) is 14.6. The van der Waals surface area contributed by atoms with E-state index < -0.39 is 28.7 Å². The van der Waals surface area contributed by atoms with Crippen LogP contribution < -0.4 is 16.0 Å². The first-order valence-electron chi connectivity index (χ1n) is 13.6. The average Bonchev–Trinajstić information content (AvgIpc) is 3.74. The molecule has 1 atom stereocenters. The minimum Gasteiger partial charge on any atom is -0.496 e. The largest absolute Gasteiger partial charge is 0.496 e. The maximum Gasteiger partial charge on any atom is 0.333 e. The number of rotatable bonds is 10. The van der Waals surface area contributed by atoms with Crippen LogP contribution >= 0.6 is 11.3 Å². The number of ether oxygens (including phenoxy) is 2. The van der Waals surface area contributed by atoms with Gasteiger partial charge >= 0.3 is 5.69 Å². The summed E-state index contributed by atoms with van der Waals surface area (Å²) in [5.74, 6) is -0.542. The van der Waals surface area contributed by atoms with Crippen molar-refractivity contribution in [3.05, 3.63) is 68.4 Å². The third-order valence-electron chi connectivity index (χ3n) is 7.56. The second kappa shape index (κ2) is 11.8. The van der Waals surface area contributed by atoms with Crippen LogP contribution in [0.2, 0.25) is 0 Å². The van der Waals surface area contributed by atoms with E-state index in [-0.39, 0.29) is 31.1 Å². The molecule has 4 heterocycles. The number of aryl methyl sites for hydroxylation is 1. The zero-order valence-corrected chi connectivity index (χ0v) is 24.7. The molecule has 1 saturated heterocycles. The number of thiophene rings is 1. The highest BCUT2D eigenvalue weighted by molar-refractivity contribution is 7.21. The summed E-state index contributed by atoms with van der Waals surface area (Å²) in [6, 6.07) is 3.95. The molecule has 3 aromatic heterocycles. The Morgan fingerprint density at radius 3 is 2.52 bits per heavy atom. The van der Waals surface area contributed by atoms with Gasteiger partial charge in [0.2, 0.25) is 5.91 Å². The summed E-state index contributed by atoms with van der Waals surface area (Å²) in [7, 11) is 1.43. The topological polar surface area (TPSA) is 134 Å². The number of methoxy groups -OCH3 is 1. The Hall–Kier alpha value is -3.88. The van der Waals surface area contributed by atoms with Gasteiger partial charge in [-0.15, -0.1) is 4.80 Å². The molecule has 4 aromatic rings. The number of hydrogen-bond acceptors (Lipinski definition) is 9. The van der Waals surface area contributed by atoms with Crippen molar-refractivity contribution >= 4 is 27.5 Å². The zero-order valence-electron chi connectivity index (χ0n) is 23.9. The van der Waals surface area contributed by atoms with Gasteiger partial charge in [0.25, 0.3) is 5.56 Å². The van der Waals surface area contributed by atoms with E-state index in [4.69, 9.17) is 9.47 Å². The molecule has 5 rings (SSSR count). The molecule has 1 fully saturated rings. The number of fused-ring (bicyclic) bond motifs is 1. The highest BCUT2D eigenvalue weighted by Gasteiger charge is 2.39. The molecular weight excluding hydrogens is 567 g/mol. The molecule has 1 aromatic carbocycles. The van der Waals surface area contributed by atoms with Crippen LogP contribution in [0.4, 0.5) is 4.39 Å². The van der Waals surface area contributed by atoms with Crippen molar-refractivity contribution in [2.75, 3.05) is 33.4 Å². The van der Waals surface area contributed by atoms with Crippen molar-refractivity contribution in [3.8, 4) is 10.8 Å². The molecule has 1 amide bonds. The van der Waals surface area contributed by atoms with Crippen LogP contribution in [-0.4, -0.2) is 73.5 Å². The van der Waals surface area contributed by atoms with Crippen LogP contribution in [0, 0.1) is 12.7 Å². The van der Waals surface area contributed by atoms with Crippen LogP contribution in [0.5, 0.6) is 5.75 Å². The van der Waals surface area contributed by atoms with E-state index in [9.17, 15) is 23.9 Å². The standard InChI is InChI=1S/C28H33FN6O6S/c1-17-22-23(37)34(28(2,3)26(38)32-11-5-6-12-32)27(39)33(25(22)42-24(17)35-30-9-10-31-35)16-21(41-14-13-36)19-15-18(29)7-8-20(19)40-4/h7-10,15,21,36H,5-6,11-14,16H2,1-4H3/t21-/m0/s1. The fraction of sp³-hybridized carbons (Fsp3) is 0.464. The number of likely N-dealkylation sites (tertiary alicyclic amines) is 1. The van der Waals surface area contributed by atoms with Gasteiger partial charge < -0.3 is 19.5 Å². The molecule has 0 radical (unpaired) electrons. The first-order valence-corrected chi connectivity index (χ1v) is 14.4. The Bertz CT molecular complexity index is 1720. The van der Waals surface area contributed by atoms with Crippen LogP contribution in [-0.2, 0) is 21.6 Å². The predicted octanol–water partition coefficient (Wildman–Crippen LogP) is 2.37. The lowest BCUT2D eigenvalue weighted by Gasteiger charge is -2.31. The van der Waals surface area contributed by atoms with Crippen molar-refractivity contribution in [1.29, 1.82) is 0 Å². The van der Waals surface area contributed by atoms with Crippen LogP contribution in [0.15, 0.2) is 40.2 Å². The highest BCUT2D eigenvalue weighted by atomic mass is 32.1. The smallest absolute Gasteiger partial charge is 0.333 e. The molecule has 0 bridgehead atoms. The number of halogens is 1. The third kappa shape index (κ3) is 5.14. The average molecular weight is 601 g/mol. The van der Waals surface area contributed by atoms with Crippen LogP contribution in [0.3, 0.4) is 0 Å². The Balaban J connectivity index is 1.77. The third-order valence-corrected chi connectivity index (χ3v) is 8.84. The van der Waals surface area contributed by atoms with Crippen molar-refractivity contribution in [1.82, 2.24) is 29.0 Å². The number of hydrogen-bond donors (Lipinski definition) is 1. The molecule has 0 aliphatic carbocycles. The minimum atomic E-state index is -1.51. The SMILES string of the molecule is COc1ccc(F)cc1[C@H](Cn1c(=O)n(C(C)(C)C(=O)N2CCCC2)c(=O)c2c(C)c(-n3nccn3)sc21)OCCO. The second-order valence-corrected chi connectivity index (χ2v) is 11.6. The lowest BCUT2D eigenvalue weighted by atomic mass is 10.0. The van der Waals surface area contributed by atoms with Gasteiger partial charge in [-0.2, -0.15) is 10.2 Å². The van der Waals surface area contributed by atoms with Crippen molar-refractivity contribution in [2.45, 2.75) is 51.8 Å². The molecule has 0 unspecified atom stereocenters. The van der Waals surface area contributed by atoms with E-state index in [2.05, 4.69) is 10.2 Å². The van der Waals surface area contributed by atoms with E-state index >= 15 is 0 Å². The van der Waals surface area contributed by atoms with Gasteiger partial charge in [0.05, 0.1) is 44.6 Å². The molecule has 1 aliphatic rings. The number of benzene rings is 1. The summed E-state index contributed by atoms with van der Waals surface area (Å²) >= 11 is 1.15. The Labute approximate surface area is 244 Å². The number of carbonyl (C=O) groups excluding carboxylic acids is 1. The first kappa shape index (κ1) is 29.6. The molecule has 0 spiro atoms. The maximum atomic E-state index is 14.4. The van der Waals surface area contributed by atoms with Crippen molar-refractivity contribution in [3.63, 3.8) is 0 Å². The van der Waals surface area contributed by atoms with Crippen molar-refractivity contribution < 1.29 is 23.8 Å². The first-order chi connectivity index (χ1) is 20.1. The number of aliphatic hydroxyl groups is 1. The highest BCUT2D eigenvalue weighted by Crippen LogP contribution is 2.34. The summed E-state index contributed by atoms with van der Waals surface area (Å²) < 4.78 is 28.2. The van der Waals surface area contributed by atoms with Crippen molar-refractivity contribution in [2.24, 2.45) is 0 Å². The molecule has 1 N–H and O–H groups in total. The number of carbonyl (C=O) groups is 1. The van der Waals surface area contributed by atoms with E-state index in [1.807, 2.05) is 0 Å². The van der Waals surface area contributed by atoms with E-state index in [0.29, 0.717) is 39.8 Å². The van der Waals surface area contributed by atoms with E-state index in [1.165, 1.54) is 47.1 Å². The Morgan fingerprint density at radius 1 is 1.19 bits per heavy atom. The van der Waals surface area contributed by atoms with Gasteiger partial charge in [-0.3, -0.25) is 14.2 Å². The quantitative estimate of drug-likeness (QED) is 0.293. The van der Waals surface area contributed by atoms with Gasteiger partial charge in [0.1, 0.15) is 33.0 Å². The number of aromatic nitrogens is 5. The van der Waals surface area contributed by atoms with Crippen LogP contribution in [0.25, 0.3) is 15.2 Å². The fourth-order valence-corrected chi connectivity index (χ4v) is 6.68. The summed E-state index contributed by atoms with van der Waals surface area (Å²) in [5, 5.41) is 18.7. The Kier molecular flexibility index (Phi) is 8.30. The second-order valence-electron chi connectivity index (χ2n) is 10.6. The van der Waals surface area contributed by atoms with E-state index in [1.54, 1.807) is 25.7 Å². The fourth-order valence-electron chi connectivity index (χ4n) is 5.46. The minimum absolute atomic E-state index is 0.104. The molecule has 42 heavy (non-hydrogen) atoms.